The molecule has 1 aromatic carbocycles. The first-order chi connectivity index (χ1) is 9.42. The van der Waals surface area contributed by atoms with E-state index in [9.17, 15) is 13.2 Å². The molecule has 5 nitrogen and oxygen atoms in total. The van der Waals surface area contributed by atoms with Gasteiger partial charge in [0.1, 0.15) is 11.5 Å². The molecule has 1 amide bonds. The fourth-order valence-corrected chi connectivity index (χ4v) is 2.99. The molecular weight excluding hydrogens is 302 g/mol. The van der Waals surface area contributed by atoms with Crippen molar-refractivity contribution in [2.45, 2.75) is 10.6 Å². The highest BCUT2D eigenvalue weighted by molar-refractivity contribution is 7.90. The van der Waals surface area contributed by atoms with Gasteiger partial charge in [0.05, 0.1) is 4.90 Å². The first-order valence-electron chi connectivity index (χ1n) is 5.71. The zero-order chi connectivity index (χ0) is 14.8. The van der Waals surface area contributed by atoms with Crippen LogP contribution in [0.15, 0.2) is 45.7 Å². The van der Waals surface area contributed by atoms with E-state index in [1.54, 1.807) is 0 Å². The average molecular weight is 314 g/mol. The van der Waals surface area contributed by atoms with Crippen molar-refractivity contribution in [3.8, 4) is 0 Å². The zero-order valence-corrected chi connectivity index (χ0v) is 12.2. The average Bonchev–Trinajstić information content (AvgIpc) is 2.86. The van der Waals surface area contributed by atoms with Gasteiger partial charge >= 0.3 is 0 Å². The Balaban J connectivity index is 2.22. The number of nitrogens with one attached hydrogen (secondary N) is 1. The van der Waals surface area contributed by atoms with Crippen LogP contribution in [-0.4, -0.2) is 21.4 Å². The highest BCUT2D eigenvalue weighted by atomic mass is 35.5. The zero-order valence-electron chi connectivity index (χ0n) is 10.6. The Bertz CT molecular complexity index is 719. The Hall–Kier alpha value is -1.79. The molecule has 2 aromatic rings. The van der Waals surface area contributed by atoms with Gasteiger partial charge in [0.25, 0.3) is 5.91 Å². The summed E-state index contributed by atoms with van der Waals surface area (Å²) in [6.07, 6.45) is 0. The van der Waals surface area contributed by atoms with Crippen LogP contribution in [0.2, 0.25) is 5.02 Å². The molecule has 2 rings (SSSR count). The first-order valence-corrected chi connectivity index (χ1v) is 7.74. The molecule has 0 saturated carbocycles. The van der Waals surface area contributed by atoms with Crippen molar-refractivity contribution < 1.29 is 17.6 Å². The van der Waals surface area contributed by atoms with Gasteiger partial charge in [-0.3, -0.25) is 4.79 Å². The summed E-state index contributed by atoms with van der Waals surface area (Å²) in [7, 11) is -2.07. The highest BCUT2D eigenvalue weighted by Gasteiger charge is 2.18. The molecule has 0 saturated heterocycles. The molecule has 0 radical (unpaired) electrons. The standard InChI is InChI=1S/C13H12ClNO4S/c1-15-13(16)12-7-4-10(19-12)8-20(17,18)11-5-2-9(14)3-6-11/h2-7H,8H2,1H3,(H,15,16). The summed E-state index contributed by atoms with van der Waals surface area (Å²) in [5, 5.41) is 2.86. The fourth-order valence-electron chi connectivity index (χ4n) is 1.61. The molecule has 1 aromatic heterocycles. The molecule has 1 N–H and O–H groups in total. The van der Waals surface area contributed by atoms with Crippen molar-refractivity contribution in [2.75, 3.05) is 7.05 Å². The van der Waals surface area contributed by atoms with Crippen LogP contribution in [0.25, 0.3) is 0 Å². The molecule has 0 aliphatic carbocycles. The molecule has 0 fully saturated rings. The summed E-state index contributed by atoms with van der Waals surface area (Å²) in [5.74, 6) is -0.432. The van der Waals surface area contributed by atoms with Gasteiger partial charge in [-0.05, 0) is 36.4 Å². The maximum atomic E-state index is 12.2. The maximum absolute atomic E-state index is 12.2. The largest absolute Gasteiger partial charge is 0.455 e. The van der Waals surface area contributed by atoms with Crippen molar-refractivity contribution in [1.82, 2.24) is 5.32 Å². The molecule has 106 valence electrons. The van der Waals surface area contributed by atoms with Crippen LogP contribution >= 0.6 is 11.6 Å². The number of rotatable bonds is 4. The number of furan rings is 1. The van der Waals surface area contributed by atoms with Crippen LogP contribution < -0.4 is 5.32 Å². The smallest absolute Gasteiger partial charge is 0.286 e. The third-order valence-corrected chi connectivity index (χ3v) is 4.52. The van der Waals surface area contributed by atoms with E-state index in [-0.39, 0.29) is 22.2 Å². The normalized spacial score (nSPS) is 11.3. The minimum Gasteiger partial charge on any atom is -0.455 e. The van der Waals surface area contributed by atoms with Gasteiger partial charge in [0, 0.05) is 12.1 Å². The van der Waals surface area contributed by atoms with E-state index in [1.165, 1.54) is 43.4 Å². The van der Waals surface area contributed by atoms with Crippen molar-refractivity contribution in [1.29, 1.82) is 0 Å². The van der Waals surface area contributed by atoms with Crippen LogP contribution in [0.1, 0.15) is 16.3 Å². The van der Waals surface area contributed by atoms with Crippen molar-refractivity contribution >= 4 is 27.3 Å². The van der Waals surface area contributed by atoms with E-state index in [0.717, 1.165) is 0 Å². The lowest BCUT2D eigenvalue weighted by molar-refractivity contribution is 0.0934. The van der Waals surface area contributed by atoms with E-state index < -0.39 is 15.7 Å². The Morgan fingerprint density at radius 1 is 1.20 bits per heavy atom. The van der Waals surface area contributed by atoms with Crippen LogP contribution in [0.4, 0.5) is 0 Å². The third kappa shape index (κ3) is 3.20. The number of hydrogen-bond donors (Lipinski definition) is 1. The lowest BCUT2D eigenvalue weighted by Crippen LogP contribution is -2.16. The molecule has 1 heterocycles. The summed E-state index contributed by atoms with van der Waals surface area (Å²) in [5.41, 5.74) is 0. The Labute approximate surface area is 121 Å². The molecule has 0 atom stereocenters. The molecule has 0 bridgehead atoms. The lowest BCUT2D eigenvalue weighted by atomic mass is 10.4. The molecule has 20 heavy (non-hydrogen) atoms. The molecule has 0 spiro atoms. The quantitative estimate of drug-likeness (QED) is 0.939. The Morgan fingerprint density at radius 2 is 1.85 bits per heavy atom. The number of carbonyl (C=O) groups is 1. The third-order valence-electron chi connectivity index (χ3n) is 2.62. The second-order valence-electron chi connectivity index (χ2n) is 4.06. The van der Waals surface area contributed by atoms with Crippen LogP contribution in [0.3, 0.4) is 0 Å². The van der Waals surface area contributed by atoms with Gasteiger partial charge in [-0.2, -0.15) is 0 Å². The topological polar surface area (TPSA) is 76.4 Å². The molecule has 0 unspecified atom stereocenters. The van der Waals surface area contributed by atoms with Gasteiger partial charge in [-0.25, -0.2) is 8.42 Å². The van der Waals surface area contributed by atoms with Gasteiger partial charge in [0.15, 0.2) is 15.6 Å². The van der Waals surface area contributed by atoms with E-state index in [1.807, 2.05) is 0 Å². The Kier molecular flexibility index (Phi) is 4.15. The number of carbonyl (C=O) groups excluding carboxylic acids is 1. The monoisotopic (exact) mass is 313 g/mol. The van der Waals surface area contributed by atoms with E-state index in [2.05, 4.69) is 5.32 Å². The molecular formula is C13H12ClNO4S. The fraction of sp³-hybridized carbons (Fsp3) is 0.154. The van der Waals surface area contributed by atoms with Crippen LogP contribution in [0, 0.1) is 0 Å². The summed E-state index contributed by atoms with van der Waals surface area (Å²) >= 11 is 5.72. The van der Waals surface area contributed by atoms with Gasteiger partial charge in [0.2, 0.25) is 0 Å². The first kappa shape index (κ1) is 14.6. The second kappa shape index (κ2) is 5.68. The summed E-state index contributed by atoms with van der Waals surface area (Å²) in [6.45, 7) is 0. The number of hydrogen-bond acceptors (Lipinski definition) is 4. The van der Waals surface area contributed by atoms with E-state index in [0.29, 0.717) is 5.02 Å². The van der Waals surface area contributed by atoms with Gasteiger partial charge in [-0.1, -0.05) is 11.6 Å². The van der Waals surface area contributed by atoms with Crippen LogP contribution in [-0.2, 0) is 15.6 Å². The highest BCUT2D eigenvalue weighted by Crippen LogP contribution is 2.20. The van der Waals surface area contributed by atoms with Crippen molar-refractivity contribution in [2.24, 2.45) is 0 Å². The minimum atomic E-state index is -3.53. The van der Waals surface area contributed by atoms with Crippen molar-refractivity contribution in [3.63, 3.8) is 0 Å². The molecule has 0 aliphatic rings. The molecule has 0 aliphatic heterocycles. The van der Waals surface area contributed by atoms with Crippen molar-refractivity contribution in [3.05, 3.63) is 52.9 Å². The molecule has 7 heteroatoms. The summed E-state index contributed by atoms with van der Waals surface area (Å²) in [4.78, 5) is 11.5. The van der Waals surface area contributed by atoms with Gasteiger partial charge in [-0.15, -0.1) is 0 Å². The number of sulfone groups is 1. The van der Waals surface area contributed by atoms with Gasteiger partial charge < -0.3 is 9.73 Å². The number of amides is 1. The van der Waals surface area contributed by atoms with E-state index >= 15 is 0 Å². The minimum absolute atomic E-state index is 0.0776. The van der Waals surface area contributed by atoms with E-state index in [4.69, 9.17) is 16.0 Å². The van der Waals surface area contributed by atoms with Crippen LogP contribution in [0.5, 0.6) is 0 Å². The Morgan fingerprint density at radius 3 is 2.45 bits per heavy atom. The summed E-state index contributed by atoms with van der Waals surface area (Å²) < 4.78 is 29.5. The predicted molar refractivity (Wildman–Crippen MR) is 74.4 cm³/mol. The second-order valence-corrected chi connectivity index (χ2v) is 6.48. The maximum Gasteiger partial charge on any atom is 0.286 e. The predicted octanol–water partition coefficient (Wildman–Crippen LogP) is 2.27. The number of benzene rings is 1. The lowest BCUT2D eigenvalue weighted by Gasteiger charge is -2.02. The summed E-state index contributed by atoms with van der Waals surface area (Å²) in [6, 6.07) is 8.78. The number of halogens is 1. The SMILES string of the molecule is CNC(=O)c1ccc(CS(=O)(=O)c2ccc(Cl)cc2)o1.